The molecule has 1 N–H and O–H groups in total. The largest absolute Gasteiger partial charge is 0.459 e. The number of benzene rings is 2. The highest BCUT2D eigenvalue weighted by Gasteiger charge is 2.34. The molecule has 1 saturated carbocycles. The predicted molar refractivity (Wildman–Crippen MR) is 124 cm³/mol. The molecule has 0 spiro atoms. The molecule has 4 rings (SSSR count). The average molecular weight is 431 g/mol. The Kier molecular flexibility index (Phi) is 7.05. The van der Waals surface area contributed by atoms with Crippen LogP contribution >= 0.6 is 0 Å². The van der Waals surface area contributed by atoms with Crippen molar-refractivity contribution in [1.82, 2.24) is 10.2 Å². The number of nitrogens with zero attached hydrogens (tertiary/aromatic N) is 1. The number of amides is 2. The summed E-state index contributed by atoms with van der Waals surface area (Å²) in [5, 5.41) is 3.20. The summed E-state index contributed by atoms with van der Waals surface area (Å²) in [6.07, 6.45) is 6.37. The van der Waals surface area contributed by atoms with Crippen LogP contribution in [-0.2, 0) is 11.2 Å². The van der Waals surface area contributed by atoms with Crippen LogP contribution in [0.5, 0.6) is 0 Å². The maximum Gasteiger partial charge on any atom is 0.290 e. The molecule has 1 unspecified atom stereocenters. The van der Waals surface area contributed by atoms with Gasteiger partial charge in [0.05, 0.1) is 6.26 Å². The van der Waals surface area contributed by atoms with Crippen molar-refractivity contribution in [3.63, 3.8) is 0 Å². The Morgan fingerprint density at radius 3 is 2.50 bits per heavy atom. The number of nitrogens with one attached hydrogen (secondary N) is 1. The topological polar surface area (TPSA) is 62.6 Å². The molecule has 166 valence electrons. The van der Waals surface area contributed by atoms with Crippen molar-refractivity contribution in [3.05, 3.63) is 95.4 Å². The first-order chi connectivity index (χ1) is 15.6. The summed E-state index contributed by atoms with van der Waals surface area (Å²) in [5.74, 6) is -0.172. The molecule has 0 bridgehead atoms. The van der Waals surface area contributed by atoms with E-state index in [1.54, 1.807) is 17.0 Å². The van der Waals surface area contributed by atoms with Crippen LogP contribution in [0, 0.1) is 6.92 Å². The second kappa shape index (κ2) is 10.3. The number of hydrogen-bond acceptors (Lipinski definition) is 3. The molecule has 1 aliphatic rings. The summed E-state index contributed by atoms with van der Waals surface area (Å²) in [6.45, 7) is 2.46. The highest BCUT2D eigenvalue weighted by atomic mass is 16.3. The van der Waals surface area contributed by atoms with Crippen LogP contribution in [0.15, 0.2) is 77.4 Å². The lowest BCUT2D eigenvalue weighted by atomic mass is 10.0. The molecular weight excluding hydrogens is 400 g/mol. The molecule has 0 aliphatic heterocycles. The van der Waals surface area contributed by atoms with Gasteiger partial charge in [0, 0.05) is 12.6 Å². The van der Waals surface area contributed by atoms with Crippen molar-refractivity contribution in [2.75, 3.05) is 6.54 Å². The molecule has 1 heterocycles. The third-order valence-corrected chi connectivity index (χ3v) is 6.09. The fraction of sp³-hybridized carbons (Fsp3) is 0.333. The van der Waals surface area contributed by atoms with Crippen molar-refractivity contribution < 1.29 is 14.0 Å². The Hall–Kier alpha value is -3.34. The van der Waals surface area contributed by atoms with Crippen LogP contribution in [0.4, 0.5) is 0 Å². The summed E-state index contributed by atoms with van der Waals surface area (Å²) in [5.41, 5.74) is 3.10. The van der Waals surface area contributed by atoms with E-state index in [0.29, 0.717) is 13.0 Å². The average Bonchev–Trinajstić information content (AvgIpc) is 3.51. The first kappa shape index (κ1) is 21.9. The second-order valence-corrected chi connectivity index (χ2v) is 8.52. The van der Waals surface area contributed by atoms with Gasteiger partial charge in [-0.25, -0.2) is 0 Å². The monoisotopic (exact) mass is 430 g/mol. The Labute approximate surface area is 189 Å². The number of carbonyl (C=O) groups excluding carboxylic acids is 2. The molecule has 1 aromatic heterocycles. The first-order valence-corrected chi connectivity index (χ1v) is 11.4. The van der Waals surface area contributed by atoms with Gasteiger partial charge in [-0.3, -0.25) is 9.59 Å². The standard InChI is InChI=1S/C27H30N2O3/c1-20-9-7-10-21(19-20)16-17-29(27(31)24-15-8-18-32-24)25(22-11-3-2-4-12-22)26(30)28-23-13-5-6-14-23/h2-4,7-12,15,18-19,23,25H,5-6,13-14,16-17H2,1H3,(H,28,30). The first-order valence-electron chi connectivity index (χ1n) is 11.4. The van der Waals surface area contributed by atoms with E-state index in [9.17, 15) is 9.59 Å². The summed E-state index contributed by atoms with van der Waals surface area (Å²) in [7, 11) is 0. The van der Waals surface area contributed by atoms with Gasteiger partial charge in [-0.1, -0.05) is 73.0 Å². The number of furan rings is 1. The van der Waals surface area contributed by atoms with Crippen LogP contribution in [0.3, 0.4) is 0 Å². The van der Waals surface area contributed by atoms with Crippen molar-refractivity contribution in [2.24, 2.45) is 0 Å². The molecule has 1 fully saturated rings. The predicted octanol–water partition coefficient (Wildman–Crippen LogP) is 5.07. The van der Waals surface area contributed by atoms with E-state index in [4.69, 9.17) is 4.42 Å². The number of hydrogen-bond donors (Lipinski definition) is 1. The Balaban J connectivity index is 1.66. The molecule has 1 atom stereocenters. The second-order valence-electron chi connectivity index (χ2n) is 8.52. The highest BCUT2D eigenvalue weighted by Crippen LogP contribution is 2.26. The molecular formula is C27H30N2O3. The summed E-state index contributed by atoms with van der Waals surface area (Å²) < 4.78 is 5.42. The molecule has 3 aromatic rings. The van der Waals surface area contributed by atoms with Gasteiger partial charge in [-0.05, 0) is 49.4 Å². The normalized spacial score (nSPS) is 14.8. The van der Waals surface area contributed by atoms with Crippen LogP contribution in [-0.4, -0.2) is 29.3 Å². The number of rotatable bonds is 8. The van der Waals surface area contributed by atoms with E-state index < -0.39 is 6.04 Å². The number of carbonyl (C=O) groups is 2. The lowest BCUT2D eigenvalue weighted by Gasteiger charge is -2.32. The fourth-order valence-corrected chi connectivity index (χ4v) is 4.47. The quantitative estimate of drug-likeness (QED) is 0.542. The molecule has 0 radical (unpaired) electrons. The van der Waals surface area contributed by atoms with E-state index in [2.05, 4.69) is 30.4 Å². The van der Waals surface area contributed by atoms with Crippen molar-refractivity contribution >= 4 is 11.8 Å². The lowest BCUT2D eigenvalue weighted by molar-refractivity contribution is -0.126. The van der Waals surface area contributed by atoms with Crippen LogP contribution in [0.2, 0.25) is 0 Å². The van der Waals surface area contributed by atoms with E-state index >= 15 is 0 Å². The van der Waals surface area contributed by atoms with Crippen LogP contribution in [0.1, 0.15) is 59.0 Å². The minimum atomic E-state index is -0.723. The Bertz CT molecular complexity index is 1020. The van der Waals surface area contributed by atoms with Crippen LogP contribution < -0.4 is 5.32 Å². The molecule has 5 nitrogen and oxygen atoms in total. The van der Waals surface area contributed by atoms with Gasteiger partial charge in [0.15, 0.2) is 5.76 Å². The van der Waals surface area contributed by atoms with Crippen molar-refractivity contribution in [3.8, 4) is 0 Å². The van der Waals surface area contributed by atoms with Crippen LogP contribution in [0.25, 0.3) is 0 Å². The third kappa shape index (κ3) is 5.28. The Morgan fingerprint density at radius 1 is 1.03 bits per heavy atom. The summed E-state index contributed by atoms with van der Waals surface area (Å²) in [6, 6.07) is 20.6. The van der Waals surface area contributed by atoms with Gasteiger partial charge in [-0.15, -0.1) is 0 Å². The third-order valence-electron chi connectivity index (χ3n) is 6.09. The zero-order valence-corrected chi connectivity index (χ0v) is 18.5. The van der Waals surface area contributed by atoms with Gasteiger partial charge in [0.1, 0.15) is 6.04 Å². The fourth-order valence-electron chi connectivity index (χ4n) is 4.47. The molecule has 2 aromatic carbocycles. The molecule has 32 heavy (non-hydrogen) atoms. The van der Waals surface area contributed by atoms with E-state index in [1.165, 1.54) is 11.8 Å². The maximum absolute atomic E-state index is 13.5. The van der Waals surface area contributed by atoms with E-state index in [0.717, 1.165) is 36.8 Å². The summed E-state index contributed by atoms with van der Waals surface area (Å²) in [4.78, 5) is 28.7. The molecule has 5 heteroatoms. The lowest BCUT2D eigenvalue weighted by Crippen LogP contribution is -2.46. The zero-order valence-electron chi connectivity index (χ0n) is 18.5. The van der Waals surface area contributed by atoms with Gasteiger partial charge < -0.3 is 14.6 Å². The van der Waals surface area contributed by atoms with Crippen molar-refractivity contribution in [2.45, 2.75) is 51.1 Å². The molecule has 2 amide bonds. The highest BCUT2D eigenvalue weighted by molar-refractivity contribution is 5.96. The van der Waals surface area contributed by atoms with Gasteiger partial charge >= 0.3 is 0 Å². The smallest absolute Gasteiger partial charge is 0.290 e. The van der Waals surface area contributed by atoms with E-state index in [-0.39, 0.29) is 23.6 Å². The molecule has 0 saturated heterocycles. The SMILES string of the molecule is Cc1cccc(CCN(C(=O)c2ccco2)C(C(=O)NC2CCCC2)c2ccccc2)c1. The van der Waals surface area contributed by atoms with Crippen molar-refractivity contribution in [1.29, 1.82) is 0 Å². The maximum atomic E-state index is 13.5. The minimum Gasteiger partial charge on any atom is -0.459 e. The molecule has 1 aliphatic carbocycles. The zero-order chi connectivity index (χ0) is 22.3. The number of aryl methyl sites for hydroxylation is 1. The van der Waals surface area contributed by atoms with Gasteiger partial charge in [-0.2, -0.15) is 0 Å². The van der Waals surface area contributed by atoms with Gasteiger partial charge in [0.2, 0.25) is 5.91 Å². The summed E-state index contributed by atoms with van der Waals surface area (Å²) >= 11 is 0. The van der Waals surface area contributed by atoms with Gasteiger partial charge in [0.25, 0.3) is 5.91 Å². The van der Waals surface area contributed by atoms with E-state index in [1.807, 2.05) is 36.4 Å². The minimum absolute atomic E-state index is 0.132. The Morgan fingerprint density at radius 2 is 1.81 bits per heavy atom.